The Morgan fingerprint density at radius 1 is 1.53 bits per heavy atom. The van der Waals surface area contributed by atoms with Gasteiger partial charge in [0.25, 0.3) is 0 Å². The first kappa shape index (κ1) is 11.7. The summed E-state index contributed by atoms with van der Waals surface area (Å²) < 4.78 is 7.28. The summed E-state index contributed by atoms with van der Waals surface area (Å²) >= 11 is 4.97. The van der Waals surface area contributed by atoms with Crippen LogP contribution >= 0.6 is 12.2 Å². The maximum Gasteiger partial charge on any atom is 0.214 e. The average Bonchev–Trinajstić information content (AvgIpc) is 2.68. The molecule has 2 aromatic rings. The summed E-state index contributed by atoms with van der Waals surface area (Å²) in [6, 6.07) is 7.61. The van der Waals surface area contributed by atoms with Gasteiger partial charge in [-0.3, -0.25) is 0 Å². The van der Waals surface area contributed by atoms with Gasteiger partial charge in [0.05, 0.1) is 6.61 Å². The zero-order valence-corrected chi connectivity index (χ0v) is 10.3. The summed E-state index contributed by atoms with van der Waals surface area (Å²) in [5, 5.41) is 6.72. The van der Waals surface area contributed by atoms with Crippen molar-refractivity contribution in [3.63, 3.8) is 0 Å². The van der Waals surface area contributed by atoms with Gasteiger partial charge in [0.2, 0.25) is 4.77 Å². The van der Waals surface area contributed by atoms with Gasteiger partial charge >= 0.3 is 0 Å². The number of aromatic nitrogens is 3. The van der Waals surface area contributed by atoms with Gasteiger partial charge in [-0.15, -0.1) is 0 Å². The van der Waals surface area contributed by atoms with E-state index in [0.717, 1.165) is 17.7 Å². The van der Waals surface area contributed by atoms with Crippen molar-refractivity contribution >= 4 is 12.2 Å². The van der Waals surface area contributed by atoms with E-state index in [0.29, 0.717) is 17.2 Å². The number of nitrogen functional groups attached to an aromatic ring is 1. The number of H-pyrrole nitrogens is 1. The van der Waals surface area contributed by atoms with E-state index in [1.807, 2.05) is 24.3 Å². The van der Waals surface area contributed by atoms with Gasteiger partial charge in [-0.1, -0.05) is 19.1 Å². The number of hydrogen-bond donors (Lipinski definition) is 2. The molecule has 0 bridgehead atoms. The number of rotatable bonds is 4. The molecule has 1 aromatic carbocycles. The molecular formula is C11H14N4OS. The molecule has 2 rings (SSSR count). The summed E-state index contributed by atoms with van der Waals surface area (Å²) in [4.78, 5) is 0. The van der Waals surface area contributed by atoms with E-state index in [4.69, 9.17) is 22.8 Å². The normalized spacial score (nSPS) is 10.4. The zero-order valence-electron chi connectivity index (χ0n) is 9.51. The minimum absolute atomic E-state index is 0.389. The minimum Gasteiger partial charge on any atom is -0.494 e. The molecule has 0 atom stereocenters. The highest BCUT2D eigenvalue weighted by Gasteiger charge is 2.07. The first-order valence-electron chi connectivity index (χ1n) is 5.38. The number of nitrogens with two attached hydrogens (primary N) is 1. The van der Waals surface area contributed by atoms with Gasteiger partial charge in [0.15, 0.2) is 5.82 Å². The van der Waals surface area contributed by atoms with Crippen LogP contribution in [0.15, 0.2) is 24.3 Å². The SMILES string of the molecule is CCCOc1cccc(-c2n[nH]c(=S)n2N)c1. The third kappa shape index (κ3) is 2.47. The molecule has 3 N–H and O–H groups in total. The van der Waals surface area contributed by atoms with Crippen LogP contribution < -0.4 is 10.6 Å². The fraction of sp³-hybridized carbons (Fsp3) is 0.273. The molecule has 0 radical (unpaired) electrons. The van der Waals surface area contributed by atoms with E-state index in [1.54, 1.807) is 0 Å². The number of nitrogens with one attached hydrogen (secondary N) is 1. The molecule has 0 fully saturated rings. The lowest BCUT2D eigenvalue weighted by molar-refractivity contribution is 0.317. The molecule has 0 aliphatic carbocycles. The van der Waals surface area contributed by atoms with E-state index in [-0.39, 0.29) is 0 Å². The fourth-order valence-corrected chi connectivity index (χ4v) is 1.59. The van der Waals surface area contributed by atoms with Crippen molar-refractivity contribution < 1.29 is 4.74 Å². The smallest absolute Gasteiger partial charge is 0.214 e. The van der Waals surface area contributed by atoms with Crippen LogP contribution in [-0.4, -0.2) is 21.5 Å². The zero-order chi connectivity index (χ0) is 12.3. The van der Waals surface area contributed by atoms with Crippen LogP contribution in [0.3, 0.4) is 0 Å². The van der Waals surface area contributed by atoms with Crippen LogP contribution in [0.4, 0.5) is 0 Å². The summed E-state index contributed by atoms with van der Waals surface area (Å²) in [5.74, 6) is 7.16. The third-order valence-electron chi connectivity index (χ3n) is 2.27. The van der Waals surface area contributed by atoms with Crippen LogP contribution in [0.5, 0.6) is 5.75 Å². The Balaban J connectivity index is 2.33. The molecule has 90 valence electrons. The molecule has 6 heteroatoms. The van der Waals surface area contributed by atoms with Gasteiger partial charge in [0, 0.05) is 5.56 Å². The molecule has 1 heterocycles. The van der Waals surface area contributed by atoms with Crippen molar-refractivity contribution in [2.24, 2.45) is 0 Å². The highest BCUT2D eigenvalue weighted by atomic mass is 32.1. The van der Waals surface area contributed by atoms with Gasteiger partial charge in [-0.25, -0.2) is 9.77 Å². The second-order valence-corrected chi connectivity index (χ2v) is 3.99. The molecule has 5 nitrogen and oxygen atoms in total. The lowest BCUT2D eigenvalue weighted by Gasteiger charge is -2.06. The largest absolute Gasteiger partial charge is 0.494 e. The van der Waals surface area contributed by atoms with E-state index in [1.165, 1.54) is 4.68 Å². The summed E-state index contributed by atoms with van der Waals surface area (Å²) in [6.07, 6.45) is 0.972. The first-order chi connectivity index (χ1) is 8.22. The number of aromatic amines is 1. The molecule has 0 saturated carbocycles. The van der Waals surface area contributed by atoms with E-state index >= 15 is 0 Å². The number of nitrogens with zero attached hydrogens (tertiary/aromatic N) is 2. The molecule has 1 aromatic heterocycles. The number of ether oxygens (including phenoxy) is 1. The standard InChI is InChI=1S/C11H14N4OS/c1-2-6-16-9-5-3-4-8(7-9)10-13-14-11(17)15(10)12/h3-5,7H,2,6,12H2,1H3,(H,14,17). The Labute approximate surface area is 104 Å². The van der Waals surface area contributed by atoms with Crippen LogP contribution in [0.2, 0.25) is 0 Å². The molecule has 0 aliphatic heterocycles. The first-order valence-corrected chi connectivity index (χ1v) is 5.79. The molecule has 17 heavy (non-hydrogen) atoms. The third-order valence-corrected chi connectivity index (χ3v) is 2.56. The number of hydrogen-bond acceptors (Lipinski definition) is 4. The molecule has 0 saturated heterocycles. The van der Waals surface area contributed by atoms with Crippen molar-refractivity contribution in [2.45, 2.75) is 13.3 Å². The molecule has 0 unspecified atom stereocenters. The van der Waals surface area contributed by atoms with Crippen molar-refractivity contribution in [1.29, 1.82) is 0 Å². The summed E-state index contributed by atoms with van der Waals surface area (Å²) in [7, 11) is 0. The maximum absolute atomic E-state index is 5.76. The lowest BCUT2D eigenvalue weighted by atomic mass is 10.2. The van der Waals surface area contributed by atoms with E-state index in [9.17, 15) is 0 Å². The second-order valence-electron chi connectivity index (χ2n) is 3.60. The van der Waals surface area contributed by atoms with Gasteiger partial charge < -0.3 is 10.6 Å². The van der Waals surface area contributed by atoms with Gasteiger partial charge in [-0.2, -0.15) is 5.10 Å². The minimum atomic E-state index is 0.389. The lowest BCUT2D eigenvalue weighted by Crippen LogP contribution is -2.09. The van der Waals surface area contributed by atoms with Crippen molar-refractivity contribution in [3.8, 4) is 17.1 Å². The Hall–Kier alpha value is -1.82. The van der Waals surface area contributed by atoms with Crippen molar-refractivity contribution in [3.05, 3.63) is 29.0 Å². The quantitative estimate of drug-likeness (QED) is 0.644. The Morgan fingerprint density at radius 2 is 2.35 bits per heavy atom. The van der Waals surface area contributed by atoms with Gasteiger partial charge in [0.1, 0.15) is 5.75 Å². The molecular weight excluding hydrogens is 236 g/mol. The van der Waals surface area contributed by atoms with Gasteiger partial charge in [-0.05, 0) is 30.8 Å². The van der Waals surface area contributed by atoms with E-state index in [2.05, 4.69) is 17.1 Å². The fourth-order valence-electron chi connectivity index (χ4n) is 1.45. The Bertz CT molecular complexity index is 561. The monoisotopic (exact) mass is 250 g/mol. The van der Waals surface area contributed by atoms with Crippen molar-refractivity contribution in [2.75, 3.05) is 12.4 Å². The van der Waals surface area contributed by atoms with Crippen LogP contribution in [-0.2, 0) is 0 Å². The Kier molecular flexibility index (Phi) is 3.43. The van der Waals surface area contributed by atoms with E-state index < -0.39 is 0 Å². The predicted octanol–water partition coefficient (Wildman–Crippen LogP) is 2.11. The Morgan fingerprint density at radius 3 is 3.00 bits per heavy atom. The topological polar surface area (TPSA) is 68.9 Å². The predicted molar refractivity (Wildman–Crippen MR) is 68.8 cm³/mol. The second kappa shape index (κ2) is 5.01. The number of benzene rings is 1. The summed E-state index contributed by atoms with van der Waals surface area (Å²) in [5.41, 5.74) is 0.869. The molecule has 0 spiro atoms. The molecule has 0 amide bonds. The van der Waals surface area contributed by atoms with Crippen LogP contribution in [0.25, 0.3) is 11.4 Å². The van der Waals surface area contributed by atoms with Crippen LogP contribution in [0.1, 0.15) is 13.3 Å². The highest BCUT2D eigenvalue weighted by Crippen LogP contribution is 2.21. The van der Waals surface area contributed by atoms with Crippen LogP contribution in [0, 0.1) is 4.77 Å². The van der Waals surface area contributed by atoms with Crippen molar-refractivity contribution in [1.82, 2.24) is 14.9 Å². The molecule has 0 aliphatic rings. The average molecular weight is 250 g/mol. The summed E-state index contributed by atoms with van der Waals surface area (Å²) in [6.45, 7) is 2.76. The maximum atomic E-state index is 5.76. The highest BCUT2D eigenvalue weighted by molar-refractivity contribution is 7.71.